The molecule has 0 bridgehead atoms. The Morgan fingerprint density at radius 1 is 1.28 bits per heavy atom. The molecule has 0 aromatic carbocycles. The summed E-state index contributed by atoms with van der Waals surface area (Å²) >= 11 is 0. The minimum atomic E-state index is -0.809. The third kappa shape index (κ3) is 5.04. The first-order valence-corrected chi connectivity index (χ1v) is 6.75. The standard InChI is InChI=1S/C13H23NO4/c1-2-8-18-9-12(15)14-11-7-5-3-4-6-10(11)13(16)17/h10-11H,2-9H2,1H3,(H,14,15)(H,16,17)/t10-,11+/m1/s1. The molecule has 2 N–H and O–H groups in total. The molecule has 1 rings (SSSR count). The van der Waals surface area contributed by atoms with Crippen molar-refractivity contribution in [3.8, 4) is 0 Å². The third-order valence-electron chi connectivity index (χ3n) is 3.26. The topological polar surface area (TPSA) is 75.6 Å². The zero-order chi connectivity index (χ0) is 13.4. The lowest BCUT2D eigenvalue weighted by molar-refractivity contribution is -0.143. The molecule has 0 aromatic heterocycles. The molecular formula is C13H23NO4. The van der Waals surface area contributed by atoms with Crippen molar-refractivity contribution < 1.29 is 19.4 Å². The molecule has 1 aliphatic carbocycles. The summed E-state index contributed by atoms with van der Waals surface area (Å²) in [6.07, 6.45) is 5.21. The predicted molar refractivity (Wildman–Crippen MR) is 67.3 cm³/mol. The summed E-state index contributed by atoms with van der Waals surface area (Å²) < 4.78 is 5.15. The summed E-state index contributed by atoms with van der Waals surface area (Å²) in [5.74, 6) is -1.47. The average Bonchev–Trinajstić information content (AvgIpc) is 2.55. The van der Waals surface area contributed by atoms with E-state index in [-0.39, 0.29) is 18.6 Å². The molecule has 0 radical (unpaired) electrons. The highest BCUT2D eigenvalue weighted by Gasteiger charge is 2.30. The lowest BCUT2D eigenvalue weighted by atomic mass is 9.95. The summed E-state index contributed by atoms with van der Waals surface area (Å²) in [5.41, 5.74) is 0. The van der Waals surface area contributed by atoms with Crippen LogP contribution in [0.1, 0.15) is 45.4 Å². The van der Waals surface area contributed by atoms with E-state index >= 15 is 0 Å². The van der Waals surface area contributed by atoms with E-state index in [2.05, 4.69) is 5.32 Å². The van der Waals surface area contributed by atoms with Gasteiger partial charge in [-0.1, -0.05) is 26.2 Å². The van der Waals surface area contributed by atoms with Crippen molar-refractivity contribution >= 4 is 11.9 Å². The summed E-state index contributed by atoms with van der Waals surface area (Å²) in [6, 6.07) is -0.247. The largest absolute Gasteiger partial charge is 0.481 e. The van der Waals surface area contributed by atoms with E-state index in [1.54, 1.807) is 0 Å². The first-order valence-electron chi connectivity index (χ1n) is 6.75. The van der Waals surface area contributed by atoms with Gasteiger partial charge in [0.15, 0.2) is 0 Å². The molecule has 2 atom stereocenters. The highest BCUT2D eigenvalue weighted by Crippen LogP contribution is 2.23. The van der Waals surface area contributed by atoms with Gasteiger partial charge in [-0.3, -0.25) is 9.59 Å². The van der Waals surface area contributed by atoms with Crippen LogP contribution in [0.5, 0.6) is 0 Å². The molecule has 0 aliphatic heterocycles. The summed E-state index contributed by atoms with van der Waals surface area (Å²) in [5, 5.41) is 12.0. The van der Waals surface area contributed by atoms with E-state index in [1.807, 2.05) is 6.92 Å². The molecule has 1 amide bonds. The fourth-order valence-corrected chi connectivity index (χ4v) is 2.33. The van der Waals surface area contributed by atoms with Crippen molar-refractivity contribution in [1.29, 1.82) is 0 Å². The second kappa shape index (κ2) is 8.08. The number of amides is 1. The third-order valence-corrected chi connectivity index (χ3v) is 3.26. The minimum absolute atomic E-state index is 0.0245. The number of hydrogen-bond acceptors (Lipinski definition) is 3. The second-order valence-electron chi connectivity index (χ2n) is 4.81. The van der Waals surface area contributed by atoms with E-state index < -0.39 is 11.9 Å². The van der Waals surface area contributed by atoms with Gasteiger partial charge in [0.1, 0.15) is 6.61 Å². The molecule has 104 valence electrons. The monoisotopic (exact) mass is 257 g/mol. The van der Waals surface area contributed by atoms with Gasteiger partial charge in [0.25, 0.3) is 0 Å². The van der Waals surface area contributed by atoms with Crippen molar-refractivity contribution in [3.63, 3.8) is 0 Å². The normalized spacial score (nSPS) is 24.3. The number of hydrogen-bond donors (Lipinski definition) is 2. The second-order valence-corrected chi connectivity index (χ2v) is 4.81. The Bertz CT molecular complexity index is 280. The van der Waals surface area contributed by atoms with E-state index in [4.69, 9.17) is 4.74 Å². The van der Waals surface area contributed by atoms with Crippen LogP contribution in [0, 0.1) is 5.92 Å². The van der Waals surface area contributed by atoms with Gasteiger partial charge in [-0.25, -0.2) is 0 Å². The molecule has 1 saturated carbocycles. The average molecular weight is 257 g/mol. The smallest absolute Gasteiger partial charge is 0.308 e. The molecule has 0 spiro atoms. The van der Waals surface area contributed by atoms with Crippen molar-refractivity contribution in [3.05, 3.63) is 0 Å². The van der Waals surface area contributed by atoms with Gasteiger partial charge >= 0.3 is 5.97 Å². The molecular weight excluding hydrogens is 234 g/mol. The van der Waals surface area contributed by atoms with Crippen LogP contribution in [0.25, 0.3) is 0 Å². The van der Waals surface area contributed by atoms with E-state index in [0.29, 0.717) is 13.0 Å². The Labute approximate surface area is 108 Å². The van der Waals surface area contributed by atoms with Crippen LogP contribution in [-0.2, 0) is 14.3 Å². The van der Waals surface area contributed by atoms with Crippen molar-refractivity contribution in [2.45, 2.75) is 51.5 Å². The van der Waals surface area contributed by atoms with Gasteiger partial charge in [-0.15, -0.1) is 0 Å². The molecule has 1 fully saturated rings. The van der Waals surface area contributed by atoms with Gasteiger partial charge < -0.3 is 15.2 Å². The molecule has 0 unspecified atom stereocenters. The maximum Gasteiger partial charge on any atom is 0.308 e. The Morgan fingerprint density at radius 2 is 2.00 bits per heavy atom. The fourth-order valence-electron chi connectivity index (χ4n) is 2.33. The lowest BCUT2D eigenvalue weighted by Crippen LogP contribution is -2.44. The van der Waals surface area contributed by atoms with Crippen molar-refractivity contribution in [2.75, 3.05) is 13.2 Å². The number of ether oxygens (including phenoxy) is 1. The zero-order valence-electron chi connectivity index (χ0n) is 11.0. The quantitative estimate of drug-likeness (QED) is 0.559. The number of carbonyl (C=O) groups is 2. The first kappa shape index (κ1) is 15.0. The number of nitrogens with one attached hydrogen (secondary N) is 1. The minimum Gasteiger partial charge on any atom is -0.481 e. The Hall–Kier alpha value is -1.10. The molecule has 18 heavy (non-hydrogen) atoms. The summed E-state index contributed by atoms with van der Waals surface area (Å²) in [6.45, 7) is 2.56. The molecule has 0 aromatic rings. The Morgan fingerprint density at radius 3 is 2.67 bits per heavy atom. The van der Waals surface area contributed by atoms with Gasteiger partial charge in [0.05, 0.1) is 5.92 Å². The number of aliphatic carboxylic acids is 1. The number of rotatable bonds is 6. The van der Waals surface area contributed by atoms with Gasteiger partial charge in [-0.05, 0) is 19.3 Å². The molecule has 5 nitrogen and oxygen atoms in total. The van der Waals surface area contributed by atoms with E-state index in [1.165, 1.54) is 0 Å². The van der Waals surface area contributed by atoms with Crippen molar-refractivity contribution in [1.82, 2.24) is 5.32 Å². The SMILES string of the molecule is CCCOCC(=O)N[C@H]1CCCCC[C@H]1C(=O)O. The molecule has 0 saturated heterocycles. The van der Waals surface area contributed by atoms with Crippen LogP contribution in [0.2, 0.25) is 0 Å². The maximum absolute atomic E-state index is 11.6. The van der Waals surface area contributed by atoms with Gasteiger partial charge in [-0.2, -0.15) is 0 Å². The number of carboxylic acids is 1. The lowest BCUT2D eigenvalue weighted by Gasteiger charge is -2.22. The fraction of sp³-hybridized carbons (Fsp3) is 0.846. The first-order chi connectivity index (χ1) is 8.65. The van der Waals surface area contributed by atoms with E-state index in [9.17, 15) is 14.7 Å². The van der Waals surface area contributed by atoms with Gasteiger partial charge in [0, 0.05) is 12.6 Å². The highest BCUT2D eigenvalue weighted by atomic mass is 16.5. The predicted octanol–water partition coefficient (Wildman–Crippen LogP) is 1.56. The van der Waals surface area contributed by atoms with Gasteiger partial charge in [0.2, 0.25) is 5.91 Å². The maximum atomic E-state index is 11.6. The van der Waals surface area contributed by atoms with Crippen LogP contribution in [-0.4, -0.2) is 36.2 Å². The molecule has 0 heterocycles. The number of carboxylic acid groups (broad SMARTS) is 1. The van der Waals surface area contributed by atoms with Crippen LogP contribution < -0.4 is 5.32 Å². The highest BCUT2D eigenvalue weighted by molar-refractivity contribution is 5.79. The van der Waals surface area contributed by atoms with Crippen LogP contribution in [0.3, 0.4) is 0 Å². The van der Waals surface area contributed by atoms with Crippen molar-refractivity contribution in [2.24, 2.45) is 5.92 Å². The Balaban J connectivity index is 2.44. The molecule has 5 heteroatoms. The van der Waals surface area contributed by atoms with Crippen LogP contribution >= 0.6 is 0 Å². The van der Waals surface area contributed by atoms with E-state index in [0.717, 1.165) is 32.1 Å². The zero-order valence-corrected chi connectivity index (χ0v) is 11.0. The summed E-state index contributed by atoms with van der Waals surface area (Å²) in [7, 11) is 0. The number of carbonyl (C=O) groups excluding carboxylic acids is 1. The van der Waals surface area contributed by atoms with Crippen LogP contribution in [0.15, 0.2) is 0 Å². The van der Waals surface area contributed by atoms with Crippen LogP contribution in [0.4, 0.5) is 0 Å². The molecule has 1 aliphatic rings. The summed E-state index contributed by atoms with van der Waals surface area (Å²) in [4.78, 5) is 22.8. The Kier molecular flexibility index (Phi) is 6.72.